The third-order valence-electron chi connectivity index (χ3n) is 2.15. The summed E-state index contributed by atoms with van der Waals surface area (Å²) in [6.07, 6.45) is -0.596. The highest BCUT2D eigenvalue weighted by molar-refractivity contribution is 6.30. The third-order valence-corrected chi connectivity index (χ3v) is 2.40. The van der Waals surface area contributed by atoms with E-state index in [-0.39, 0.29) is 6.73 Å². The van der Waals surface area contributed by atoms with Crippen molar-refractivity contribution in [1.29, 1.82) is 0 Å². The summed E-state index contributed by atoms with van der Waals surface area (Å²) in [6.45, 7) is 6.34. The van der Waals surface area contributed by atoms with E-state index in [0.29, 0.717) is 10.7 Å². The Hall–Kier alpha value is -1.75. The molecule has 0 aliphatic rings. The third kappa shape index (κ3) is 5.48. The molecule has 0 unspecified atom stereocenters. The van der Waals surface area contributed by atoms with Gasteiger partial charge in [0, 0.05) is 11.9 Å². The minimum atomic E-state index is -0.641. The molecule has 0 aliphatic heterocycles. The van der Waals surface area contributed by atoms with Crippen molar-refractivity contribution in [1.82, 2.24) is 0 Å². The fourth-order valence-electron chi connectivity index (χ4n) is 1.33. The second-order valence-corrected chi connectivity index (χ2v) is 5.59. The predicted molar refractivity (Wildman–Crippen MR) is 76.8 cm³/mol. The number of amides is 1. The molecule has 1 aromatic carbocycles. The topological polar surface area (TPSA) is 55.8 Å². The Morgan fingerprint density at radius 1 is 1.20 bits per heavy atom. The van der Waals surface area contributed by atoms with Gasteiger partial charge < -0.3 is 9.47 Å². The highest BCUT2D eigenvalue weighted by Crippen LogP contribution is 2.20. The van der Waals surface area contributed by atoms with Crippen LogP contribution in [0.3, 0.4) is 0 Å². The standard InChI is InChI=1S/C14H18ClNO4/c1-10(17)19-9-16(13(18)20-14(2,3)4)12-7-5-11(15)6-8-12/h5-8H,9H2,1-4H3. The van der Waals surface area contributed by atoms with Crippen LogP contribution in [0.4, 0.5) is 10.5 Å². The van der Waals surface area contributed by atoms with E-state index in [2.05, 4.69) is 0 Å². The largest absolute Gasteiger partial charge is 0.444 e. The Bertz CT molecular complexity index is 479. The van der Waals surface area contributed by atoms with Crippen LogP contribution in [0.2, 0.25) is 5.02 Å². The number of benzene rings is 1. The SMILES string of the molecule is CC(=O)OCN(C(=O)OC(C)(C)C)c1ccc(Cl)cc1. The molecule has 0 saturated heterocycles. The molecule has 0 aromatic heterocycles. The van der Waals surface area contributed by atoms with E-state index >= 15 is 0 Å². The number of anilines is 1. The van der Waals surface area contributed by atoms with Crippen molar-refractivity contribution < 1.29 is 19.1 Å². The molecule has 6 heteroatoms. The van der Waals surface area contributed by atoms with Crippen LogP contribution in [0.5, 0.6) is 0 Å². The van der Waals surface area contributed by atoms with Gasteiger partial charge in [-0.15, -0.1) is 0 Å². The molecule has 0 atom stereocenters. The fraction of sp³-hybridized carbons (Fsp3) is 0.429. The number of esters is 1. The first-order chi connectivity index (χ1) is 9.19. The zero-order chi connectivity index (χ0) is 15.3. The van der Waals surface area contributed by atoms with Crippen LogP contribution in [-0.2, 0) is 14.3 Å². The smallest absolute Gasteiger partial charge is 0.417 e. The maximum atomic E-state index is 12.1. The van der Waals surface area contributed by atoms with E-state index in [9.17, 15) is 9.59 Å². The molecule has 0 saturated carbocycles. The van der Waals surface area contributed by atoms with Crippen molar-refractivity contribution in [2.24, 2.45) is 0 Å². The maximum Gasteiger partial charge on any atom is 0.417 e. The summed E-state index contributed by atoms with van der Waals surface area (Å²) in [5.41, 5.74) is -0.109. The lowest BCUT2D eigenvalue weighted by atomic mass is 10.2. The monoisotopic (exact) mass is 299 g/mol. The van der Waals surface area contributed by atoms with Gasteiger partial charge in [0.1, 0.15) is 5.60 Å². The molecule has 1 amide bonds. The summed E-state index contributed by atoms with van der Waals surface area (Å²) < 4.78 is 10.2. The van der Waals surface area contributed by atoms with Gasteiger partial charge in [-0.25, -0.2) is 9.69 Å². The van der Waals surface area contributed by atoms with Gasteiger partial charge in [-0.2, -0.15) is 0 Å². The van der Waals surface area contributed by atoms with Crippen molar-refractivity contribution in [3.05, 3.63) is 29.3 Å². The number of nitrogens with zero attached hydrogens (tertiary/aromatic N) is 1. The summed E-state index contributed by atoms with van der Waals surface area (Å²) >= 11 is 5.81. The molecular formula is C14H18ClNO4. The lowest BCUT2D eigenvalue weighted by Gasteiger charge is -2.27. The molecule has 110 valence electrons. The van der Waals surface area contributed by atoms with Gasteiger partial charge in [0.05, 0.1) is 5.69 Å². The first-order valence-corrected chi connectivity index (χ1v) is 6.46. The van der Waals surface area contributed by atoms with E-state index in [4.69, 9.17) is 21.1 Å². The molecule has 0 heterocycles. The molecule has 0 N–H and O–H groups in total. The average molecular weight is 300 g/mol. The van der Waals surface area contributed by atoms with E-state index in [1.807, 2.05) is 0 Å². The van der Waals surface area contributed by atoms with Gasteiger partial charge in [-0.1, -0.05) is 11.6 Å². The molecule has 0 radical (unpaired) electrons. The highest BCUT2D eigenvalue weighted by Gasteiger charge is 2.24. The Morgan fingerprint density at radius 2 is 1.75 bits per heavy atom. The second-order valence-electron chi connectivity index (χ2n) is 5.15. The fourth-order valence-corrected chi connectivity index (χ4v) is 1.45. The van der Waals surface area contributed by atoms with Crippen LogP contribution in [0.15, 0.2) is 24.3 Å². The first kappa shape index (κ1) is 16.3. The van der Waals surface area contributed by atoms with Gasteiger partial charge in [0.2, 0.25) is 0 Å². The molecule has 0 fully saturated rings. The molecule has 5 nitrogen and oxygen atoms in total. The zero-order valence-electron chi connectivity index (χ0n) is 12.0. The van der Waals surface area contributed by atoms with Crippen LogP contribution in [0.25, 0.3) is 0 Å². The minimum Gasteiger partial charge on any atom is -0.444 e. The molecule has 20 heavy (non-hydrogen) atoms. The summed E-state index contributed by atoms with van der Waals surface area (Å²) in [4.78, 5) is 24.3. The molecule has 1 rings (SSSR count). The van der Waals surface area contributed by atoms with Gasteiger partial charge in [-0.3, -0.25) is 4.79 Å². The molecule has 0 spiro atoms. The van der Waals surface area contributed by atoms with Crippen LogP contribution in [0.1, 0.15) is 27.7 Å². The van der Waals surface area contributed by atoms with Gasteiger partial charge in [0.25, 0.3) is 0 Å². The van der Waals surface area contributed by atoms with Crippen molar-refractivity contribution in [3.8, 4) is 0 Å². The van der Waals surface area contributed by atoms with E-state index < -0.39 is 17.7 Å². The van der Waals surface area contributed by atoms with Gasteiger partial charge in [0.15, 0.2) is 6.73 Å². The van der Waals surface area contributed by atoms with Gasteiger partial charge >= 0.3 is 12.1 Å². The number of carbonyl (C=O) groups excluding carboxylic acids is 2. The number of hydrogen-bond acceptors (Lipinski definition) is 4. The number of hydrogen-bond donors (Lipinski definition) is 0. The Morgan fingerprint density at radius 3 is 2.20 bits per heavy atom. The van der Waals surface area contributed by atoms with Crippen molar-refractivity contribution >= 4 is 29.4 Å². The maximum absolute atomic E-state index is 12.1. The lowest BCUT2D eigenvalue weighted by Crippen LogP contribution is -2.38. The summed E-state index contributed by atoms with van der Waals surface area (Å²) in [5.74, 6) is -0.479. The number of ether oxygens (including phenoxy) is 2. The average Bonchev–Trinajstić information content (AvgIpc) is 2.29. The van der Waals surface area contributed by atoms with E-state index in [1.165, 1.54) is 11.8 Å². The molecule has 0 bridgehead atoms. The number of carbonyl (C=O) groups is 2. The lowest BCUT2D eigenvalue weighted by molar-refractivity contribution is -0.140. The second kappa shape index (κ2) is 6.61. The van der Waals surface area contributed by atoms with Crippen molar-refractivity contribution in [2.75, 3.05) is 11.6 Å². The van der Waals surface area contributed by atoms with Crippen LogP contribution >= 0.6 is 11.6 Å². The normalized spacial score (nSPS) is 10.8. The first-order valence-electron chi connectivity index (χ1n) is 6.08. The quantitative estimate of drug-likeness (QED) is 0.632. The predicted octanol–water partition coefficient (Wildman–Crippen LogP) is 3.60. The molecule has 0 aliphatic carbocycles. The Kier molecular flexibility index (Phi) is 5.39. The minimum absolute atomic E-state index is 0.216. The van der Waals surface area contributed by atoms with Crippen LogP contribution < -0.4 is 4.90 Å². The van der Waals surface area contributed by atoms with E-state index in [0.717, 1.165) is 0 Å². The van der Waals surface area contributed by atoms with Crippen molar-refractivity contribution in [3.63, 3.8) is 0 Å². The van der Waals surface area contributed by atoms with Crippen LogP contribution in [-0.4, -0.2) is 24.4 Å². The van der Waals surface area contributed by atoms with E-state index in [1.54, 1.807) is 45.0 Å². The van der Waals surface area contributed by atoms with Gasteiger partial charge in [-0.05, 0) is 45.0 Å². The summed E-state index contributed by atoms with van der Waals surface area (Å²) in [5, 5.41) is 0.547. The summed E-state index contributed by atoms with van der Waals surface area (Å²) in [6, 6.07) is 6.58. The Labute approximate surface area is 123 Å². The van der Waals surface area contributed by atoms with Crippen LogP contribution in [0, 0.1) is 0 Å². The Balaban J connectivity index is 2.92. The van der Waals surface area contributed by atoms with Crippen molar-refractivity contribution in [2.45, 2.75) is 33.3 Å². The zero-order valence-corrected chi connectivity index (χ0v) is 12.7. The number of rotatable bonds is 3. The number of halogens is 1. The molecule has 1 aromatic rings. The highest BCUT2D eigenvalue weighted by atomic mass is 35.5. The summed E-state index contributed by atoms with van der Waals surface area (Å²) in [7, 11) is 0. The molecular weight excluding hydrogens is 282 g/mol.